The number of hydrogen-bond acceptors (Lipinski definition) is 5. The smallest absolute Gasteiger partial charge is 0.475 e. The van der Waals surface area contributed by atoms with Gasteiger partial charge >= 0.3 is 12.1 Å². The predicted molar refractivity (Wildman–Crippen MR) is 131 cm³/mol. The average Bonchev–Trinajstić information content (AvgIpc) is 3.48. The number of aliphatic hydroxyl groups excluding tert-OH is 1. The van der Waals surface area contributed by atoms with Crippen molar-refractivity contribution >= 4 is 28.9 Å². The molecule has 8 nitrogen and oxygen atoms in total. The van der Waals surface area contributed by atoms with E-state index in [0.717, 1.165) is 36.9 Å². The van der Waals surface area contributed by atoms with Gasteiger partial charge in [0.1, 0.15) is 0 Å². The molecular weight excluding hydrogens is 491 g/mol. The van der Waals surface area contributed by atoms with Gasteiger partial charge in [0.15, 0.2) is 0 Å². The number of H-pyrrole nitrogens is 1. The van der Waals surface area contributed by atoms with Gasteiger partial charge in [-0.3, -0.25) is 14.9 Å². The average molecular weight is 520 g/mol. The quantitative estimate of drug-likeness (QED) is 0.177. The molecule has 4 rings (SSSR count). The van der Waals surface area contributed by atoms with E-state index in [-0.39, 0.29) is 6.61 Å². The van der Waals surface area contributed by atoms with E-state index in [9.17, 15) is 23.1 Å². The number of carboxylic acids is 1. The summed E-state index contributed by atoms with van der Waals surface area (Å²) in [6, 6.07) is 14.9. The van der Waals surface area contributed by atoms with E-state index in [1.165, 1.54) is 28.2 Å². The Morgan fingerprint density at radius 1 is 1.11 bits per heavy atom. The largest absolute Gasteiger partial charge is 0.490 e. The second-order valence-electron chi connectivity index (χ2n) is 8.57. The topological polar surface area (TPSA) is 126 Å². The first-order valence-corrected chi connectivity index (χ1v) is 11.6. The fourth-order valence-electron chi connectivity index (χ4n) is 4.39. The maximum atomic E-state index is 11.2. The molecule has 1 aliphatic carbocycles. The van der Waals surface area contributed by atoms with Gasteiger partial charge in [0.2, 0.25) is 0 Å². The molecule has 0 saturated heterocycles. The molecule has 2 aromatic carbocycles. The first-order valence-electron chi connectivity index (χ1n) is 11.6. The summed E-state index contributed by atoms with van der Waals surface area (Å²) in [6.07, 6.45) is 2.84. The Bertz CT molecular complexity index is 1260. The summed E-state index contributed by atoms with van der Waals surface area (Å²) < 4.78 is 31.7. The zero-order chi connectivity index (χ0) is 27.0. The Morgan fingerprint density at radius 3 is 2.49 bits per heavy atom. The number of fused-ring (bicyclic) bond motifs is 2. The van der Waals surface area contributed by atoms with Gasteiger partial charge in [-0.25, -0.2) is 10.3 Å². The zero-order valence-corrected chi connectivity index (χ0v) is 19.8. The van der Waals surface area contributed by atoms with Crippen LogP contribution in [0.15, 0.2) is 54.7 Å². The van der Waals surface area contributed by atoms with Crippen molar-refractivity contribution in [1.29, 1.82) is 0 Å². The number of halogens is 3. The number of benzene rings is 2. The molecule has 1 atom stereocenters. The molecule has 198 valence electrons. The molecule has 11 heteroatoms. The number of aromatic amines is 1. The van der Waals surface area contributed by atoms with Crippen molar-refractivity contribution in [3.8, 4) is 0 Å². The number of carbonyl (C=O) groups excluding carboxylic acids is 1. The Labute approximate surface area is 211 Å². The number of aliphatic carboxylic acids is 1. The predicted octanol–water partition coefficient (Wildman–Crippen LogP) is 3.32. The molecule has 1 unspecified atom stereocenters. The second kappa shape index (κ2) is 12.5. The Balaban J connectivity index is 0.000000479. The minimum atomic E-state index is -5.08. The SMILES string of the molecule is O=C(C=Cc1ccc2c(c1)CC(N(CCO)CCc1c[nH]c3ccccc13)C2)NO.O=C(O)C(F)(F)F. The number of carbonyl (C=O) groups is 2. The van der Waals surface area contributed by atoms with E-state index >= 15 is 0 Å². The zero-order valence-electron chi connectivity index (χ0n) is 19.8. The lowest BCUT2D eigenvalue weighted by Gasteiger charge is -2.28. The molecule has 0 bridgehead atoms. The van der Waals surface area contributed by atoms with Gasteiger partial charge in [-0.1, -0.05) is 36.4 Å². The van der Waals surface area contributed by atoms with Crippen LogP contribution >= 0.6 is 0 Å². The lowest BCUT2D eigenvalue weighted by atomic mass is 10.1. The molecule has 0 radical (unpaired) electrons. The summed E-state index contributed by atoms with van der Waals surface area (Å²) in [6.45, 7) is 1.69. The van der Waals surface area contributed by atoms with E-state index in [1.807, 2.05) is 12.1 Å². The number of carboxylic acid groups (broad SMARTS) is 1. The Kier molecular flexibility index (Phi) is 9.45. The standard InChI is InChI=1S/C24H27N3O3.C2HF3O2/c28-12-11-27(10-9-19-16-25-23-4-2-1-3-22(19)23)21-14-18-7-5-17(13-20(18)15-21)6-8-24(29)26-30;3-2(4,5)1(6)7/h1-8,13,16,21,25,28,30H,9-12,14-15H2,(H,26,29);(H,6,7). The van der Waals surface area contributed by atoms with E-state index in [2.05, 4.69) is 46.4 Å². The molecular formula is C26H28F3N3O5. The van der Waals surface area contributed by atoms with Crippen LogP contribution in [0, 0.1) is 0 Å². The summed E-state index contributed by atoms with van der Waals surface area (Å²) in [4.78, 5) is 25.8. The number of nitrogens with zero attached hydrogens (tertiary/aromatic N) is 1. The lowest BCUT2D eigenvalue weighted by molar-refractivity contribution is -0.192. The number of hydrogen-bond donors (Lipinski definition) is 5. The van der Waals surface area contributed by atoms with E-state index in [1.54, 1.807) is 11.6 Å². The monoisotopic (exact) mass is 519 g/mol. The van der Waals surface area contributed by atoms with E-state index in [0.29, 0.717) is 12.6 Å². The lowest BCUT2D eigenvalue weighted by Crippen LogP contribution is -2.39. The van der Waals surface area contributed by atoms with Crippen molar-refractivity contribution in [1.82, 2.24) is 15.4 Å². The van der Waals surface area contributed by atoms with Gasteiger partial charge in [0.25, 0.3) is 5.91 Å². The van der Waals surface area contributed by atoms with Gasteiger partial charge in [0, 0.05) is 42.3 Å². The van der Waals surface area contributed by atoms with Gasteiger partial charge in [-0.2, -0.15) is 13.2 Å². The van der Waals surface area contributed by atoms with E-state index in [4.69, 9.17) is 15.1 Å². The van der Waals surface area contributed by atoms with Gasteiger partial charge in [-0.05, 0) is 53.7 Å². The molecule has 0 spiro atoms. The number of aromatic nitrogens is 1. The summed E-state index contributed by atoms with van der Waals surface area (Å²) in [5, 5.41) is 26.6. The number of rotatable bonds is 8. The molecule has 1 aliphatic rings. The highest BCUT2D eigenvalue weighted by atomic mass is 19.4. The van der Waals surface area contributed by atoms with Crippen LogP contribution < -0.4 is 5.48 Å². The molecule has 0 aliphatic heterocycles. The summed E-state index contributed by atoms with van der Waals surface area (Å²) >= 11 is 0. The molecule has 1 heterocycles. The van der Waals surface area contributed by atoms with Crippen LogP contribution in [-0.2, 0) is 28.9 Å². The number of para-hydroxylation sites is 1. The van der Waals surface area contributed by atoms with Crippen molar-refractivity contribution in [3.63, 3.8) is 0 Å². The third-order valence-corrected chi connectivity index (χ3v) is 6.17. The number of alkyl halides is 3. The minimum absolute atomic E-state index is 0.144. The van der Waals surface area contributed by atoms with Crippen LogP contribution in [0.2, 0.25) is 0 Å². The highest BCUT2D eigenvalue weighted by Crippen LogP contribution is 2.28. The molecule has 37 heavy (non-hydrogen) atoms. The summed E-state index contributed by atoms with van der Waals surface area (Å²) in [7, 11) is 0. The molecule has 5 N–H and O–H groups in total. The van der Waals surface area contributed by atoms with Crippen LogP contribution in [0.3, 0.4) is 0 Å². The van der Waals surface area contributed by atoms with Crippen molar-refractivity contribution in [2.24, 2.45) is 0 Å². The Hall–Kier alpha value is -3.67. The van der Waals surface area contributed by atoms with Gasteiger partial charge < -0.3 is 15.2 Å². The number of amides is 1. The maximum Gasteiger partial charge on any atom is 0.490 e. The number of hydroxylamine groups is 1. The van der Waals surface area contributed by atoms with Crippen LogP contribution in [0.4, 0.5) is 13.2 Å². The second-order valence-corrected chi connectivity index (χ2v) is 8.57. The fraction of sp³-hybridized carbons (Fsp3) is 0.308. The van der Waals surface area contributed by atoms with E-state index < -0.39 is 18.1 Å². The molecule has 0 fully saturated rings. The fourth-order valence-corrected chi connectivity index (χ4v) is 4.39. The minimum Gasteiger partial charge on any atom is -0.475 e. The first kappa shape index (κ1) is 27.9. The highest BCUT2D eigenvalue weighted by molar-refractivity contribution is 5.90. The normalized spacial score (nSPS) is 15.0. The molecule has 1 amide bonds. The molecule has 0 saturated carbocycles. The third kappa shape index (κ3) is 7.66. The van der Waals surface area contributed by atoms with Crippen molar-refractivity contribution in [3.05, 3.63) is 77.0 Å². The van der Waals surface area contributed by atoms with Crippen LogP contribution in [0.25, 0.3) is 17.0 Å². The van der Waals surface area contributed by atoms with Crippen LogP contribution in [-0.4, -0.2) is 69.1 Å². The Morgan fingerprint density at radius 2 is 1.81 bits per heavy atom. The summed E-state index contributed by atoms with van der Waals surface area (Å²) in [5.41, 5.74) is 7.60. The number of nitrogens with one attached hydrogen (secondary N) is 2. The molecule has 3 aromatic rings. The van der Waals surface area contributed by atoms with Crippen LogP contribution in [0.5, 0.6) is 0 Å². The third-order valence-electron chi connectivity index (χ3n) is 6.17. The van der Waals surface area contributed by atoms with Crippen LogP contribution in [0.1, 0.15) is 22.3 Å². The van der Waals surface area contributed by atoms with Gasteiger partial charge in [-0.15, -0.1) is 0 Å². The summed E-state index contributed by atoms with van der Waals surface area (Å²) in [5.74, 6) is -3.30. The first-order chi connectivity index (χ1) is 17.6. The maximum absolute atomic E-state index is 11.2. The molecule has 1 aromatic heterocycles. The highest BCUT2D eigenvalue weighted by Gasteiger charge is 2.38. The van der Waals surface area contributed by atoms with Gasteiger partial charge in [0.05, 0.1) is 6.61 Å². The number of aliphatic hydroxyl groups is 1. The van der Waals surface area contributed by atoms with Crippen molar-refractivity contribution in [2.45, 2.75) is 31.5 Å². The van der Waals surface area contributed by atoms with Crippen molar-refractivity contribution < 1.29 is 38.2 Å². The van der Waals surface area contributed by atoms with Crippen molar-refractivity contribution in [2.75, 3.05) is 19.7 Å².